The molecular formula is C18H16N4O3. The van der Waals surface area contributed by atoms with Crippen molar-refractivity contribution in [1.29, 1.82) is 0 Å². The number of nitro benzene ring substituents is 1. The van der Waals surface area contributed by atoms with Gasteiger partial charge in [-0.1, -0.05) is 24.3 Å². The Morgan fingerprint density at radius 2 is 2.04 bits per heavy atom. The van der Waals surface area contributed by atoms with Gasteiger partial charge in [-0.25, -0.2) is 4.98 Å². The number of hydrazone groups is 1. The van der Waals surface area contributed by atoms with Crippen LogP contribution in [0.1, 0.15) is 11.3 Å². The largest absolute Gasteiger partial charge is 0.494 e. The number of hydrogen-bond donors (Lipinski definition) is 1. The Morgan fingerprint density at radius 3 is 2.80 bits per heavy atom. The molecule has 0 amide bonds. The van der Waals surface area contributed by atoms with Gasteiger partial charge < -0.3 is 4.74 Å². The average Bonchev–Trinajstić information content (AvgIpc) is 2.61. The number of pyridine rings is 1. The predicted octanol–water partition coefficient (Wildman–Crippen LogP) is 3.91. The van der Waals surface area contributed by atoms with Crippen LogP contribution in [0.5, 0.6) is 5.75 Å². The van der Waals surface area contributed by atoms with E-state index in [2.05, 4.69) is 15.5 Å². The van der Waals surface area contributed by atoms with Crippen LogP contribution in [0.25, 0.3) is 10.9 Å². The number of aromatic nitrogens is 1. The molecule has 0 saturated heterocycles. The summed E-state index contributed by atoms with van der Waals surface area (Å²) in [5.41, 5.74) is 5.66. The molecule has 0 atom stereocenters. The van der Waals surface area contributed by atoms with Crippen LogP contribution < -0.4 is 10.2 Å². The molecule has 0 bridgehead atoms. The lowest BCUT2D eigenvalue weighted by atomic mass is 10.1. The van der Waals surface area contributed by atoms with Gasteiger partial charge in [-0.05, 0) is 25.1 Å². The number of rotatable bonds is 5. The van der Waals surface area contributed by atoms with Crippen LogP contribution >= 0.6 is 0 Å². The molecule has 3 rings (SSSR count). The van der Waals surface area contributed by atoms with Crippen molar-refractivity contribution in [2.24, 2.45) is 5.10 Å². The third kappa shape index (κ3) is 3.40. The number of methoxy groups -OCH3 is 1. The number of benzene rings is 2. The Kier molecular flexibility index (Phi) is 4.56. The molecule has 3 aromatic rings. The van der Waals surface area contributed by atoms with Crippen LogP contribution in [-0.2, 0) is 0 Å². The van der Waals surface area contributed by atoms with Crippen LogP contribution in [-0.4, -0.2) is 23.2 Å². The van der Waals surface area contributed by atoms with Crippen molar-refractivity contribution >= 4 is 28.5 Å². The van der Waals surface area contributed by atoms with Crippen molar-refractivity contribution in [2.75, 3.05) is 12.5 Å². The number of ether oxygens (including phenoxy) is 1. The zero-order valence-corrected chi connectivity index (χ0v) is 13.8. The van der Waals surface area contributed by atoms with Gasteiger partial charge in [-0.2, -0.15) is 5.10 Å². The number of nitrogens with zero attached hydrogens (tertiary/aromatic N) is 3. The summed E-state index contributed by atoms with van der Waals surface area (Å²) in [5.74, 6) is 0.673. The first kappa shape index (κ1) is 16.4. The van der Waals surface area contributed by atoms with E-state index in [0.717, 1.165) is 22.3 Å². The topological polar surface area (TPSA) is 89.6 Å². The maximum atomic E-state index is 11.0. The summed E-state index contributed by atoms with van der Waals surface area (Å²) >= 11 is 0. The molecule has 0 unspecified atom stereocenters. The number of para-hydroxylation sites is 2. The van der Waals surface area contributed by atoms with Crippen molar-refractivity contribution in [1.82, 2.24) is 4.98 Å². The first-order valence-electron chi connectivity index (χ1n) is 7.57. The SMILES string of the molecule is COc1cccc2c(NN=Cc3ccccc3[N+](=O)[O-])cc(C)nc12. The Hall–Kier alpha value is -3.48. The average molecular weight is 336 g/mol. The third-order valence-corrected chi connectivity index (χ3v) is 3.67. The van der Waals surface area contributed by atoms with Crippen molar-refractivity contribution in [3.63, 3.8) is 0 Å². The summed E-state index contributed by atoms with van der Waals surface area (Å²) in [6.07, 6.45) is 1.43. The molecule has 1 heterocycles. The first-order chi connectivity index (χ1) is 12.1. The van der Waals surface area contributed by atoms with Gasteiger partial charge in [0.2, 0.25) is 0 Å². The van der Waals surface area contributed by atoms with Crippen molar-refractivity contribution in [3.05, 3.63) is 69.9 Å². The molecular weight excluding hydrogens is 320 g/mol. The molecule has 0 aliphatic carbocycles. The number of nitrogens with one attached hydrogen (secondary N) is 1. The number of hydrogen-bond acceptors (Lipinski definition) is 6. The van der Waals surface area contributed by atoms with E-state index in [-0.39, 0.29) is 5.69 Å². The molecule has 0 spiro atoms. The summed E-state index contributed by atoms with van der Waals surface area (Å²) in [4.78, 5) is 15.1. The van der Waals surface area contributed by atoms with E-state index in [4.69, 9.17) is 4.74 Å². The van der Waals surface area contributed by atoms with E-state index < -0.39 is 4.92 Å². The van der Waals surface area contributed by atoms with Crippen molar-refractivity contribution in [2.45, 2.75) is 6.92 Å². The summed E-state index contributed by atoms with van der Waals surface area (Å²) < 4.78 is 5.35. The lowest BCUT2D eigenvalue weighted by Crippen LogP contribution is -1.98. The van der Waals surface area contributed by atoms with Gasteiger partial charge in [0.1, 0.15) is 11.3 Å². The summed E-state index contributed by atoms with van der Waals surface area (Å²) in [5, 5.41) is 16.1. The zero-order chi connectivity index (χ0) is 17.8. The monoisotopic (exact) mass is 336 g/mol. The van der Waals surface area contributed by atoms with E-state index in [0.29, 0.717) is 11.3 Å². The fourth-order valence-electron chi connectivity index (χ4n) is 2.54. The Morgan fingerprint density at radius 1 is 1.24 bits per heavy atom. The molecule has 1 N–H and O–H groups in total. The van der Waals surface area contributed by atoms with Crippen LogP contribution in [0, 0.1) is 17.0 Å². The molecule has 0 saturated carbocycles. The lowest BCUT2D eigenvalue weighted by Gasteiger charge is -2.10. The van der Waals surface area contributed by atoms with Crippen LogP contribution in [0.15, 0.2) is 53.6 Å². The second kappa shape index (κ2) is 6.96. The van der Waals surface area contributed by atoms with E-state index in [1.54, 1.807) is 25.3 Å². The minimum atomic E-state index is -0.432. The Labute approximate surface area is 144 Å². The van der Waals surface area contributed by atoms with E-state index in [1.807, 2.05) is 31.2 Å². The minimum absolute atomic E-state index is 0.00508. The van der Waals surface area contributed by atoms with Gasteiger partial charge in [0.15, 0.2) is 0 Å². The first-order valence-corrected chi connectivity index (χ1v) is 7.57. The number of aryl methyl sites for hydroxylation is 1. The standard InChI is InChI=1S/C18H16N4O3/c1-12-10-15(14-7-5-9-17(25-2)18(14)20-12)21-19-11-13-6-3-4-8-16(13)22(23)24/h3-11H,1-2H3,(H,20,21). The lowest BCUT2D eigenvalue weighted by molar-refractivity contribution is -0.385. The van der Waals surface area contributed by atoms with Crippen LogP contribution in [0.4, 0.5) is 11.4 Å². The van der Waals surface area contributed by atoms with E-state index in [9.17, 15) is 10.1 Å². The number of fused-ring (bicyclic) bond motifs is 1. The maximum Gasteiger partial charge on any atom is 0.278 e. The van der Waals surface area contributed by atoms with Crippen LogP contribution in [0.2, 0.25) is 0 Å². The predicted molar refractivity (Wildman–Crippen MR) is 97.3 cm³/mol. The van der Waals surface area contributed by atoms with Gasteiger partial charge >= 0.3 is 0 Å². The summed E-state index contributed by atoms with van der Waals surface area (Å²) in [6, 6.07) is 13.9. The Balaban J connectivity index is 1.95. The summed E-state index contributed by atoms with van der Waals surface area (Å²) in [6.45, 7) is 1.88. The second-order valence-electron chi connectivity index (χ2n) is 5.35. The van der Waals surface area contributed by atoms with Crippen LogP contribution in [0.3, 0.4) is 0 Å². The summed E-state index contributed by atoms with van der Waals surface area (Å²) in [7, 11) is 1.60. The highest BCUT2D eigenvalue weighted by Gasteiger charge is 2.11. The highest BCUT2D eigenvalue weighted by atomic mass is 16.6. The molecule has 0 radical (unpaired) electrons. The van der Waals surface area contributed by atoms with Gasteiger partial charge in [-0.3, -0.25) is 15.5 Å². The highest BCUT2D eigenvalue weighted by Crippen LogP contribution is 2.29. The van der Waals surface area contributed by atoms with Gasteiger partial charge in [0, 0.05) is 17.1 Å². The maximum absolute atomic E-state index is 11.0. The Bertz CT molecular complexity index is 970. The van der Waals surface area contributed by atoms with Crippen molar-refractivity contribution < 1.29 is 9.66 Å². The molecule has 0 fully saturated rings. The third-order valence-electron chi connectivity index (χ3n) is 3.67. The molecule has 7 heteroatoms. The van der Waals surface area contributed by atoms with Gasteiger partial charge in [-0.15, -0.1) is 0 Å². The molecule has 0 aliphatic rings. The fourth-order valence-corrected chi connectivity index (χ4v) is 2.54. The van der Waals surface area contributed by atoms with Gasteiger partial charge in [0.05, 0.1) is 29.5 Å². The molecule has 7 nitrogen and oxygen atoms in total. The second-order valence-corrected chi connectivity index (χ2v) is 5.35. The van der Waals surface area contributed by atoms with Gasteiger partial charge in [0.25, 0.3) is 5.69 Å². The number of anilines is 1. The smallest absolute Gasteiger partial charge is 0.278 e. The van der Waals surface area contributed by atoms with E-state index in [1.165, 1.54) is 12.3 Å². The zero-order valence-electron chi connectivity index (χ0n) is 13.8. The molecule has 2 aromatic carbocycles. The fraction of sp³-hybridized carbons (Fsp3) is 0.111. The minimum Gasteiger partial charge on any atom is -0.494 e. The molecule has 25 heavy (non-hydrogen) atoms. The van der Waals surface area contributed by atoms with E-state index >= 15 is 0 Å². The molecule has 1 aromatic heterocycles. The number of nitro groups is 1. The molecule has 126 valence electrons. The highest BCUT2D eigenvalue weighted by molar-refractivity contribution is 5.95. The molecule has 0 aliphatic heterocycles. The quantitative estimate of drug-likeness (QED) is 0.433. The van der Waals surface area contributed by atoms with Crippen molar-refractivity contribution in [3.8, 4) is 5.75 Å². The normalized spacial score (nSPS) is 11.0.